The van der Waals surface area contributed by atoms with Gasteiger partial charge in [0, 0.05) is 23.1 Å². The fourth-order valence-electron chi connectivity index (χ4n) is 1.79. The predicted molar refractivity (Wildman–Crippen MR) is 70.1 cm³/mol. The largest absolute Gasteiger partial charge is 0.378 e. The highest BCUT2D eigenvalue weighted by molar-refractivity contribution is 9.10. The number of nitrogens with zero attached hydrogens (tertiary/aromatic N) is 1. The quantitative estimate of drug-likeness (QED) is 0.777. The van der Waals surface area contributed by atoms with Crippen molar-refractivity contribution in [3.8, 4) is 0 Å². The molecule has 0 radical (unpaired) electrons. The molecule has 1 aliphatic rings. The normalized spacial score (nSPS) is 17.6. The van der Waals surface area contributed by atoms with Crippen LogP contribution in [0.3, 0.4) is 0 Å². The van der Waals surface area contributed by atoms with Gasteiger partial charge in [0.15, 0.2) is 0 Å². The van der Waals surface area contributed by atoms with Crippen LogP contribution in [0.1, 0.15) is 10.9 Å². The molecule has 0 bridgehead atoms. The Balaban J connectivity index is 2.16. The smallest absolute Gasteiger partial charge is 0.245 e. The molecular formula is C12H12BrClFNO2. The van der Waals surface area contributed by atoms with Crippen LogP contribution < -0.4 is 0 Å². The molecule has 1 amide bonds. The average molecular weight is 337 g/mol. The number of alkyl halides is 1. The van der Waals surface area contributed by atoms with E-state index in [-0.39, 0.29) is 11.5 Å². The third-order valence-corrected chi connectivity index (χ3v) is 3.69. The summed E-state index contributed by atoms with van der Waals surface area (Å²) in [4.78, 5) is 13.7. The lowest BCUT2D eigenvalue weighted by atomic mass is 10.1. The molecule has 98 valence electrons. The van der Waals surface area contributed by atoms with Crippen molar-refractivity contribution >= 4 is 33.4 Å². The monoisotopic (exact) mass is 335 g/mol. The van der Waals surface area contributed by atoms with Gasteiger partial charge in [-0.2, -0.15) is 0 Å². The minimum absolute atomic E-state index is 0.197. The van der Waals surface area contributed by atoms with Crippen LogP contribution in [0.15, 0.2) is 22.7 Å². The van der Waals surface area contributed by atoms with Gasteiger partial charge in [-0.15, -0.1) is 11.6 Å². The molecule has 1 aliphatic heterocycles. The van der Waals surface area contributed by atoms with Crippen molar-refractivity contribution in [3.63, 3.8) is 0 Å². The predicted octanol–water partition coefficient (Wildman–Crippen LogP) is 2.73. The van der Waals surface area contributed by atoms with Gasteiger partial charge in [0.2, 0.25) is 5.91 Å². The van der Waals surface area contributed by atoms with E-state index < -0.39 is 11.2 Å². The van der Waals surface area contributed by atoms with Crippen LogP contribution in [0.2, 0.25) is 0 Å². The fourth-order valence-corrected chi connectivity index (χ4v) is 2.47. The molecule has 1 fully saturated rings. The number of benzene rings is 1. The lowest BCUT2D eigenvalue weighted by molar-refractivity contribution is -0.135. The van der Waals surface area contributed by atoms with Crippen LogP contribution in [-0.2, 0) is 9.53 Å². The molecule has 0 saturated carbocycles. The van der Waals surface area contributed by atoms with Crippen molar-refractivity contribution in [2.75, 3.05) is 26.3 Å². The second-order valence-electron chi connectivity index (χ2n) is 3.97. The van der Waals surface area contributed by atoms with Gasteiger partial charge in [-0.1, -0.05) is 15.9 Å². The van der Waals surface area contributed by atoms with Crippen molar-refractivity contribution < 1.29 is 13.9 Å². The highest BCUT2D eigenvalue weighted by Gasteiger charge is 2.27. The first kappa shape index (κ1) is 13.8. The highest BCUT2D eigenvalue weighted by atomic mass is 79.9. The van der Waals surface area contributed by atoms with Gasteiger partial charge < -0.3 is 9.64 Å². The van der Waals surface area contributed by atoms with Crippen LogP contribution in [-0.4, -0.2) is 37.1 Å². The van der Waals surface area contributed by atoms with Crippen molar-refractivity contribution in [2.45, 2.75) is 5.38 Å². The SMILES string of the molecule is O=C(C(Cl)c1cc(Br)ccc1F)N1CCOCC1. The van der Waals surface area contributed by atoms with Gasteiger partial charge in [0.05, 0.1) is 13.2 Å². The van der Waals surface area contributed by atoms with Crippen LogP contribution in [0, 0.1) is 5.82 Å². The van der Waals surface area contributed by atoms with Crippen molar-refractivity contribution in [3.05, 3.63) is 34.1 Å². The Labute approximate surface area is 118 Å². The molecule has 1 saturated heterocycles. The number of hydrogen-bond acceptors (Lipinski definition) is 2. The molecule has 0 aliphatic carbocycles. The Bertz CT molecular complexity index is 452. The molecule has 0 aromatic heterocycles. The Kier molecular flexibility index (Phi) is 4.59. The molecular weight excluding hydrogens is 324 g/mol. The molecule has 18 heavy (non-hydrogen) atoms. The van der Waals surface area contributed by atoms with E-state index in [0.717, 1.165) is 0 Å². The van der Waals surface area contributed by atoms with E-state index >= 15 is 0 Å². The summed E-state index contributed by atoms with van der Waals surface area (Å²) in [5, 5.41) is -0.999. The Morgan fingerprint density at radius 1 is 1.44 bits per heavy atom. The second-order valence-corrected chi connectivity index (χ2v) is 5.32. The molecule has 0 spiro atoms. The Hall–Kier alpha value is -0.650. The molecule has 1 aromatic rings. The topological polar surface area (TPSA) is 29.5 Å². The van der Waals surface area contributed by atoms with Gasteiger partial charge in [-0.3, -0.25) is 4.79 Å². The van der Waals surface area contributed by atoms with E-state index in [4.69, 9.17) is 16.3 Å². The van der Waals surface area contributed by atoms with Gasteiger partial charge in [-0.05, 0) is 18.2 Å². The maximum absolute atomic E-state index is 13.6. The summed E-state index contributed by atoms with van der Waals surface area (Å²) in [7, 11) is 0. The van der Waals surface area contributed by atoms with Crippen LogP contribution in [0.5, 0.6) is 0 Å². The number of ether oxygens (including phenoxy) is 1. The van der Waals surface area contributed by atoms with Crippen molar-refractivity contribution in [1.29, 1.82) is 0 Å². The number of rotatable bonds is 2. The first-order valence-electron chi connectivity index (χ1n) is 5.55. The maximum Gasteiger partial charge on any atom is 0.245 e. The molecule has 2 rings (SSSR count). The van der Waals surface area contributed by atoms with E-state index in [1.54, 1.807) is 11.0 Å². The number of carbonyl (C=O) groups excluding carboxylic acids is 1. The van der Waals surface area contributed by atoms with Gasteiger partial charge in [0.1, 0.15) is 11.2 Å². The summed E-state index contributed by atoms with van der Waals surface area (Å²) in [6.45, 7) is 1.99. The molecule has 0 N–H and O–H groups in total. The number of carbonyl (C=O) groups is 1. The molecule has 3 nitrogen and oxygen atoms in total. The first-order chi connectivity index (χ1) is 8.59. The average Bonchev–Trinajstić information content (AvgIpc) is 2.41. The Morgan fingerprint density at radius 2 is 2.11 bits per heavy atom. The molecule has 1 aromatic carbocycles. The maximum atomic E-state index is 13.6. The third kappa shape index (κ3) is 3.02. The van der Waals surface area contributed by atoms with Gasteiger partial charge >= 0.3 is 0 Å². The fraction of sp³-hybridized carbons (Fsp3) is 0.417. The van der Waals surface area contributed by atoms with Crippen LogP contribution in [0.4, 0.5) is 4.39 Å². The standard InChI is InChI=1S/C12H12BrClFNO2/c13-8-1-2-10(15)9(7-8)11(14)12(17)16-3-5-18-6-4-16/h1-2,7,11H,3-6H2. The number of morpholine rings is 1. The Morgan fingerprint density at radius 3 is 2.78 bits per heavy atom. The van der Waals surface area contributed by atoms with E-state index in [9.17, 15) is 9.18 Å². The summed E-state index contributed by atoms with van der Waals surface area (Å²) in [5.41, 5.74) is 0.197. The number of amides is 1. The van der Waals surface area contributed by atoms with Gasteiger partial charge in [-0.25, -0.2) is 4.39 Å². The minimum Gasteiger partial charge on any atom is -0.378 e. The van der Waals surface area contributed by atoms with Gasteiger partial charge in [0.25, 0.3) is 0 Å². The van der Waals surface area contributed by atoms with E-state index in [1.807, 2.05) is 0 Å². The van der Waals surface area contributed by atoms with E-state index in [1.165, 1.54) is 12.1 Å². The molecule has 6 heteroatoms. The van der Waals surface area contributed by atoms with E-state index in [2.05, 4.69) is 15.9 Å². The highest BCUT2D eigenvalue weighted by Crippen LogP contribution is 2.28. The molecule has 1 heterocycles. The third-order valence-electron chi connectivity index (χ3n) is 2.77. The summed E-state index contributed by atoms with van der Waals surface area (Å²) in [6.07, 6.45) is 0. The zero-order valence-corrected chi connectivity index (χ0v) is 11.9. The minimum atomic E-state index is -0.999. The lowest BCUT2D eigenvalue weighted by Gasteiger charge is -2.28. The number of hydrogen-bond donors (Lipinski definition) is 0. The van der Waals surface area contributed by atoms with Crippen molar-refractivity contribution in [2.24, 2.45) is 0 Å². The molecule has 1 unspecified atom stereocenters. The van der Waals surface area contributed by atoms with Crippen LogP contribution >= 0.6 is 27.5 Å². The zero-order valence-electron chi connectivity index (χ0n) is 9.54. The zero-order chi connectivity index (χ0) is 13.1. The summed E-state index contributed by atoms with van der Waals surface area (Å²) < 4.78 is 19.5. The summed E-state index contributed by atoms with van der Waals surface area (Å²) >= 11 is 9.31. The second kappa shape index (κ2) is 5.99. The van der Waals surface area contributed by atoms with Crippen LogP contribution in [0.25, 0.3) is 0 Å². The lowest BCUT2D eigenvalue weighted by Crippen LogP contribution is -2.42. The molecule has 1 atom stereocenters. The number of halogens is 3. The van der Waals surface area contributed by atoms with E-state index in [0.29, 0.717) is 30.8 Å². The first-order valence-corrected chi connectivity index (χ1v) is 6.78. The summed E-state index contributed by atoms with van der Waals surface area (Å²) in [6, 6.07) is 4.40. The van der Waals surface area contributed by atoms with Crippen molar-refractivity contribution in [1.82, 2.24) is 4.90 Å². The summed E-state index contributed by atoms with van der Waals surface area (Å²) in [5.74, 6) is -0.753.